The summed E-state index contributed by atoms with van der Waals surface area (Å²) in [5.74, 6) is -0.192. The average molecular weight is 493 g/mol. The first-order valence-electron chi connectivity index (χ1n) is 11.4. The van der Waals surface area contributed by atoms with Gasteiger partial charge in [0.05, 0.1) is 12.0 Å². The number of nitrogens with one attached hydrogen (secondary N) is 1. The van der Waals surface area contributed by atoms with Crippen LogP contribution in [0.1, 0.15) is 39.7 Å². The third-order valence-electron chi connectivity index (χ3n) is 5.69. The Morgan fingerprint density at radius 3 is 2.68 bits per heavy atom. The zero-order chi connectivity index (χ0) is 25.1. The Bertz CT molecular complexity index is 1040. The van der Waals surface area contributed by atoms with Crippen LogP contribution < -0.4 is 5.32 Å². The Kier molecular flexibility index (Phi) is 8.07. The van der Waals surface area contributed by atoms with Gasteiger partial charge in [0.1, 0.15) is 12.1 Å². The van der Waals surface area contributed by atoms with Crippen molar-refractivity contribution in [3.63, 3.8) is 0 Å². The van der Waals surface area contributed by atoms with Gasteiger partial charge in [-0.15, -0.1) is 10.8 Å². The standard InChI is InChI=1S/C24H36N4O5S/c1-17-13-25-14-19-9-7-10-20(22(17)19)34(31,32-6)28-12-8-11-27(16-18(28)2)21(29)15-26-23(30)33-24(3,4)5/h7,9-10,13-14,18,31H,8,11-12,15-16H2,1-6H3,(H,26,30)/t18-/m0/s1. The summed E-state index contributed by atoms with van der Waals surface area (Å²) in [5, 5.41) is 4.41. The van der Waals surface area contributed by atoms with Gasteiger partial charge in [-0.25, -0.2) is 4.79 Å². The number of hydrogen-bond acceptors (Lipinski definition) is 7. The van der Waals surface area contributed by atoms with E-state index in [9.17, 15) is 14.1 Å². The van der Waals surface area contributed by atoms with Crippen molar-refractivity contribution in [1.82, 2.24) is 19.5 Å². The van der Waals surface area contributed by atoms with Crippen molar-refractivity contribution in [3.8, 4) is 0 Å². The van der Waals surface area contributed by atoms with Crippen molar-refractivity contribution in [2.75, 3.05) is 33.3 Å². The third-order valence-corrected chi connectivity index (χ3v) is 8.25. The Hall–Kier alpha value is -2.40. The van der Waals surface area contributed by atoms with Crippen molar-refractivity contribution in [3.05, 3.63) is 36.2 Å². The second-order valence-corrected chi connectivity index (χ2v) is 11.7. The molecule has 0 spiro atoms. The normalized spacial score (nSPS) is 20.3. The number of ether oxygens (including phenoxy) is 1. The Balaban J connectivity index is 1.78. The maximum atomic E-state index is 12.8. The minimum absolute atomic E-state index is 0.140. The zero-order valence-electron chi connectivity index (χ0n) is 20.8. The summed E-state index contributed by atoms with van der Waals surface area (Å²) >= 11 is 0. The monoisotopic (exact) mass is 492 g/mol. The number of rotatable bonds is 5. The number of aromatic nitrogens is 1. The van der Waals surface area contributed by atoms with Crippen LogP contribution in [0.2, 0.25) is 0 Å². The average Bonchev–Trinajstić information content (AvgIpc) is 2.97. The van der Waals surface area contributed by atoms with Gasteiger partial charge in [-0.2, -0.15) is 4.31 Å². The molecule has 2 amide bonds. The highest BCUT2D eigenvalue weighted by Crippen LogP contribution is 2.59. The molecule has 10 heteroatoms. The lowest BCUT2D eigenvalue weighted by Gasteiger charge is -2.48. The van der Waals surface area contributed by atoms with Gasteiger partial charge >= 0.3 is 6.09 Å². The number of carbonyl (C=O) groups excluding carboxylic acids is 2. The van der Waals surface area contributed by atoms with Crippen molar-refractivity contribution < 1.29 is 23.1 Å². The molecule has 1 fully saturated rings. The van der Waals surface area contributed by atoms with Crippen molar-refractivity contribution >= 4 is 33.5 Å². The van der Waals surface area contributed by atoms with Gasteiger partial charge in [0.25, 0.3) is 0 Å². The molecule has 0 saturated carbocycles. The molecular weight excluding hydrogens is 456 g/mol. The predicted octanol–water partition coefficient (Wildman–Crippen LogP) is 4.10. The summed E-state index contributed by atoms with van der Waals surface area (Å²) in [6.45, 7) is 10.6. The van der Waals surface area contributed by atoms with Crippen LogP contribution in [0.4, 0.5) is 4.79 Å². The summed E-state index contributed by atoms with van der Waals surface area (Å²) in [6.07, 6.45) is 3.60. The molecule has 1 aliphatic heterocycles. The van der Waals surface area contributed by atoms with E-state index in [1.807, 2.05) is 36.4 Å². The van der Waals surface area contributed by atoms with Crippen molar-refractivity contribution in [2.24, 2.45) is 0 Å². The third kappa shape index (κ3) is 5.80. The quantitative estimate of drug-likeness (QED) is 0.647. The molecule has 2 N–H and O–H groups in total. The van der Waals surface area contributed by atoms with Gasteiger partial charge in [0.2, 0.25) is 5.91 Å². The largest absolute Gasteiger partial charge is 0.444 e. The van der Waals surface area contributed by atoms with E-state index in [1.165, 1.54) is 7.11 Å². The van der Waals surface area contributed by atoms with Crippen molar-refractivity contribution in [2.45, 2.75) is 57.6 Å². The second kappa shape index (κ2) is 10.5. The first-order chi connectivity index (χ1) is 16.0. The molecule has 188 valence electrons. The molecule has 1 aliphatic rings. The lowest BCUT2D eigenvalue weighted by Crippen LogP contribution is -2.46. The summed E-state index contributed by atoms with van der Waals surface area (Å²) < 4.78 is 25.0. The number of fused-ring (bicyclic) bond motifs is 1. The minimum atomic E-state index is -2.80. The Morgan fingerprint density at radius 2 is 2.00 bits per heavy atom. The molecule has 1 aromatic heterocycles. The van der Waals surface area contributed by atoms with Gasteiger partial charge in [-0.05, 0) is 52.7 Å². The van der Waals surface area contributed by atoms with Crippen LogP contribution in [0.3, 0.4) is 0 Å². The van der Waals surface area contributed by atoms with Crippen LogP contribution >= 0.6 is 10.8 Å². The number of nitrogens with zero attached hydrogens (tertiary/aromatic N) is 3. The maximum Gasteiger partial charge on any atom is 0.408 e. The molecule has 9 nitrogen and oxygen atoms in total. The molecule has 0 radical (unpaired) electrons. The van der Waals surface area contributed by atoms with E-state index in [0.717, 1.165) is 21.2 Å². The highest BCUT2D eigenvalue weighted by atomic mass is 32.3. The molecule has 0 aliphatic carbocycles. The number of pyridine rings is 1. The van der Waals surface area contributed by atoms with E-state index < -0.39 is 22.5 Å². The van der Waals surface area contributed by atoms with E-state index in [-0.39, 0.29) is 18.5 Å². The fourth-order valence-corrected chi connectivity index (χ4v) is 6.57. The Morgan fingerprint density at radius 1 is 1.26 bits per heavy atom. The predicted molar refractivity (Wildman–Crippen MR) is 134 cm³/mol. The number of amides is 2. The van der Waals surface area contributed by atoms with Crippen molar-refractivity contribution in [1.29, 1.82) is 0 Å². The number of benzene rings is 1. The van der Waals surface area contributed by atoms with Crippen LogP contribution in [0.5, 0.6) is 0 Å². The Labute approximate surface area is 203 Å². The van der Waals surface area contributed by atoms with Gasteiger partial charge in [-0.1, -0.05) is 12.1 Å². The molecule has 2 aromatic rings. The second-order valence-electron chi connectivity index (χ2n) is 9.51. The number of aryl methyl sites for hydroxylation is 1. The summed E-state index contributed by atoms with van der Waals surface area (Å²) in [7, 11) is -1.27. The summed E-state index contributed by atoms with van der Waals surface area (Å²) in [4.78, 5) is 31.5. The molecule has 2 atom stereocenters. The number of alkyl carbamates (subject to hydrolysis) is 1. The van der Waals surface area contributed by atoms with Gasteiger partial charge in [0.15, 0.2) is 0 Å². The highest BCUT2D eigenvalue weighted by molar-refractivity contribution is 8.23. The van der Waals surface area contributed by atoms with Gasteiger partial charge in [-0.3, -0.25) is 18.5 Å². The van der Waals surface area contributed by atoms with Crippen LogP contribution in [0.15, 0.2) is 35.5 Å². The SMILES string of the molecule is COS(O)(c1cccc2cncc(C)c12)N1CCCN(C(=O)CNC(=O)OC(C)(C)C)C[C@@H]1C. The molecule has 1 saturated heterocycles. The summed E-state index contributed by atoms with van der Waals surface area (Å²) in [5.41, 5.74) is 0.331. The molecular formula is C24H36N4O5S. The lowest BCUT2D eigenvalue weighted by molar-refractivity contribution is -0.130. The van der Waals surface area contributed by atoms with E-state index in [4.69, 9.17) is 8.92 Å². The lowest BCUT2D eigenvalue weighted by atomic mass is 10.1. The molecule has 3 rings (SSSR count). The van der Waals surface area contributed by atoms with Gasteiger partial charge < -0.3 is 15.0 Å². The van der Waals surface area contributed by atoms with E-state index >= 15 is 0 Å². The van der Waals surface area contributed by atoms with E-state index in [2.05, 4.69) is 10.3 Å². The minimum Gasteiger partial charge on any atom is -0.444 e. The smallest absolute Gasteiger partial charge is 0.408 e. The zero-order valence-corrected chi connectivity index (χ0v) is 21.6. The molecule has 34 heavy (non-hydrogen) atoms. The molecule has 1 aromatic carbocycles. The van der Waals surface area contributed by atoms with Gasteiger partial charge in [0, 0.05) is 48.8 Å². The van der Waals surface area contributed by atoms with Crippen LogP contribution in [0.25, 0.3) is 10.8 Å². The fraction of sp³-hybridized carbons (Fsp3) is 0.542. The maximum absolute atomic E-state index is 12.8. The molecule has 1 unspecified atom stereocenters. The summed E-state index contributed by atoms with van der Waals surface area (Å²) in [6, 6.07) is 5.60. The van der Waals surface area contributed by atoms with Crippen LogP contribution in [-0.2, 0) is 13.7 Å². The number of carbonyl (C=O) groups is 2. The first-order valence-corrected chi connectivity index (χ1v) is 12.9. The molecule has 0 bridgehead atoms. The molecule has 2 heterocycles. The van der Waals surface area contributed by atoms with E-state index in [1.54, 1.807) is 38.1 Å². The number of hydrogen-bond donors (Lipinski definition) is 2. The first kappa shape index (κ1) is 26.2. The van der Waals surface area contributed by atoms with E-state index in [0.29, 0.717) is 26.1 Å². The topological polar surface area (TPSA) is 104 Å². The van der Waals surface area contributed by atoms with Crippen LogP contribution in [0, 0.1) is 6.92 Å². The highest BCUT2D eigenvalue weighted by Gasteiger charge is 2.36. The fourth-order valence-electron chi connectivity index (χ4n) is 4.21. The van der Waals surface area contributed by atoms with Crippen LogP contribution in [-0.4, -0.2) is 75.7 Å².